The molecule has 0 spiro atoms. The lowest BCUT2D eigenvalue weighted by atomic mass is 10.0. The Hall–Kier alpha value is -3.34. The molecule has 2 rings (SSSR count). The Morgan fingerprint density at radius 2 is 1.58 bits per heavy atom. The first-order valence-electron chi connectivity index (χ1n) is 5.40. The fourth-order valence-electron chi connectivity index (χ4n) is 2.13. The Morgan fingerprint density at radius 1 is 1.00 bits per heavy atom. The molecule has 4 heteroatoms. The second-order valence-electron chi connectivity index (χ2n) is 3.85. The van der Waals surface area contributed by atoms with Crippen molar-refractivity contribution >= 4 is 11.1 Å². The van der Waals surface area contributed by atoms with Crippen molar-refractivity contribution in [1.82, 2.24) is 0 Å². The van der Waals surface area contributed by atoms with Gasteiger partial charge in [0, 0.05) is 0 Å². The van der Waals surface area contributed by atoms with Gasteiger partial charge in [-0.05, 0) is 28.7 Å². The smallest absolute Gasteiger partial charge is 0.226 e. The summed E-state index contributed by atoms with van der Waals surface area (Å²) in [6.45, 7) is 7.03. The summed E-state index contributed by atoms with van der Waals surface area (Å²) in [4.78, 5) is 3.21. The van der Waals surface area contributed by atoms with E-state index in [1.807, 2.05) is 18.2 Å². The van der Waals surface area contributed by atoms with Crippen LogP contribution in [0.5, 0.6) is 0 Å². The van der Waals surface area contributed by atoms with Crippen molar-refractivity contribution in [3.63, 3.8) is 0 Å². The fourth-order valence-corrected chi connectivity index (χ4v) is 2.13. The standard InChI is InChI=1S/C15H6N4/c1-19-15(9-18)14-6-13(10(7-16)8-17)11-4-2-3-5-12(11)14/h2-5H,6H2/b15-14+. The van der Waals surface area contributed by atoms with Gasteiger partial charge in [0.25, 0.3) is 5.70 Å². The minimum Gasteiger partial charge on any atom is -0.226 e. The first kappa shape index (κ1) is 12.1. The highest BCUT2D eigenvalue weighted by molar-refractivity contribution is 5.97. The third kappa shape index (κ3) is 1.85. The highest BCUT2D eigenvalue weighted by Crippen LogP contribution is 2.43. The van der Waals surface area contributed by atoms with Gasteiger partial charge >= 0.3 is 0 Å². The summed E-state index contributed by atoms with van der Waals surface area (Å²) in [5, 5.41) is 26.9. The van der Waals surface area contributed by atoms with Crippen LogP contribution in [0.3, 0.4) is 0 Å². The molecule has 0 aromatic heterocycles. The maximum absolute atomic E-state index is 8.98. The van der Waals surface area contributed by atoms with Crippen LogP contribution >= 0.6 is 0 Å². The minimum absolute atomic E-state index is 0.0117. The third-order valence-electron chi connectivity index (χ3n) is 2.96. The summed E-state index contributed by atoms with van der Waals surface area (Å²) in [7, 11) is 0. The van der Waals surface area contributed by atoms with Gasteiger partial charge in [-0.25, -0.2) is 10.1 Å². The van der Waals surface area contributed by atoms with Crippen molar-refractivity contribution in [3.05, 3.63) is 58.1 Å². The molecule has 0 radical (unpaired) electrons. The molecule has 4 nitrogen and oxygen atoms in total. The van der Waals surface area contributed by atoms with Gasteiger partial charge in [0.1, 0.15) is 17.7 Å². The molecular weight excluding hydrogens is 236 g/mol. The normalized spacial score (nSPS) is 14.4. The molecule has 0 unspecified atom stereocenters. The molecule has 0 saturated carbocycles. The van der Waals surface area contributed by atoms with Crippen LogP contribution in [0.1, 0.15) is 17.5 Å². The van der Waals surface area contributed by atoms with Crippen LogP contribution in [-0.2, 0) is 0 Å². The van der Waals surface area contributed by atoms with Crippen LogP contribution in [0.15, 0.2) is 35.5 Å². The van der Waals surface area contributed by atoms with Crippen LogP contribution in [-0.4, -0.2) is 0 Å². The van der Waals surface area contributed by atoms with E-state index >= 15 is 0 Å². The van der Waals surface area contributed by atoms with Crippen molar-refractivity contribution < 1.29 is 0 Å². The Balaban J connectivity index is 2.82. The number of hydrogen-bond donors (Lipinski definition) is 0. The molecule has 0 saturated heterocycles. The van der Waals surface area contributed by atoms with Gasteiger partial charge in [-0.15, -0.1) is 0 Å². The Morgan fingerprint density at radius 3 is 2.05 bits per heavy atom. The molecule has 0 aliphatic heterocycles. The minimum atomic E-state index is 0.0117. The average molecular weight is 242 g/mol. The number of benzene rings is 1. The fraction of sp³-hybridized carbons (Fsp3) is 0.0667. The van der Waals surface area contributed by atoms with Gasteiger partial charge in [0.15, 0.2) is 0 Å². The lowest BCUT2D eigenvalue weighted by Crippen LogP contribution is -1.83. The van der Waals surface area contributed by atoms with E-state index in [-0.39, 0.29) is 17.7 Å². The van der Waals surface area contributed by atoms with Gasteiger partial charge in [0.05, 0.1) is 12.6 Å². The molecule has 0 N–H and O–H groups in total. The van der Waals surface area contributed by atoms with E-state index in [0.717, 1.165) is 11.1 Å². The van der Waals surface area contributed by atoms with E-state index < -0.39 is 0 Å². The van der Waals surface area contributed by atoms with Crippen molar-refractivity contribution in [2.45, 2.75) is 6.42 Å². The molecule has 1 aliphatic carbocycles. The van der Waals surface area contributed by atoms with Crippen LogP contribution in [0.25, 0.3) is 16.0 Å². The third-order valence-corrected chi connectivity index (χ3v) is 2.96. The summed E-state index contributed by atoms with van der Waals surface area (Å²) >= 11 is 0. The van der Waals surface area contributed by atoms with E-state index in [1.165, 1.54) is 0 Å². The largest absolute Gasteiger partial charge is 0.266 e. The van der Waals surface area contributed by atoms with Gasteiger partial charge in [-0.1, -0.05) is 24.3 Å². The van der Waals surface area contributed by atoms with Crippen LogP contribution in [0.2, 0.25) is 0 Å². The molecule has 1 aliphatic rings. The van der Waals surface area contributed by atoms with Crippen LogP contribution in [0.4, 0.5) is 0 Å². The Bertz CT molecular complexity index is 684. The second-order valence-corrected chi connectivity index (χ2v) is 3.85. The predicted octanol–water partition coefficient (Wildman–Crippen LogP) is 3.05. The van der Waals surface area contributed by atoms with Crippen molar-refractivity contribution in [2.24, 2.45) is 0 Å². The molecule has 0 atom stereocenters. The molecule has 19 heavy (non-hydrogen) atoms. The zero-order chi connectivity index (χ0) is 13.8. The first-order valence-corrected chi connectivity index (χ1v) is 5.40. The Kier molecular flexibility index (Phi) is 3.12. The number of nitriles is 3. The van der Waals surface area contributed by atoms with E-state index in [9.17, 15) is 0 Å². The lowest BCUT2D eigenvalue weighted by molar-refractivity contribution is 1.41. The Labute approximate surface area is 110 Å². The molecule has 1 aromatic rings. The SMILES string of the molecule is [C-]#[N+]/C(C#N)=C1\CC(=C(C#N)C#N)c2ccccc21. The molecular formula is C15H6N4. The van der Waals surface area contributed by atoms with E-state index in [2.05, 4.69) is 4.85 Å². The van der Waals surface area contributed by atoms with E-state index in [1.54, 1.807) is 24.3 Å². The highest BCUT2D eigenvalue weighted by Gasteiger charge is 2.26. The van der Waals surface area contributed by atoms with E-state index in [4.69, 9.17) is 22.4 Å². The molecule has 1 aromatic carbocycles. The van der Waals surface area contributed by atoms with Crippen LogP contribution in [0, 0.1) is 40.6 Å². The first-order chi connectivity index (χ1) is 9.26. The highest BCUT2D eigenvalue weighted by atomic mass is 14.7. The maximum atomic E-state index is 8.98. The summed E-state index contributed by atoms with van der Waals surface area (Å²) in [5.74, 6) is 0. The molecule has 0 heterocycles. The maximum Gasteiger partial charge on any atom is 0.266 e. The topological polar surface area (TPSA) is 75.7 Å². The summed E-state index contributed by atoms with van der Waals surface area (Å²) in [5.41, 5.74) is 2.74. The molecule has 86 valence electrons. The van der Waals surface area contributed by atoms with Crippen molar-refractivity contribution in [3.8, 4) is 18.2 Å². The average Bonchev–Trinajstić information content (AvgIpc) is 2.82. The molecule has 0 fully saturated rings. The zero-order valence-electron chi connectivity index (χ0n) is 9.81. The quantitative estimate of drug-likeness (QED) is 0.518. The summed E-state index contributed by atoms with van der Waals surface area (Å²) in [6.07, 6.45) is 0.279. The number of fused-ring (bicyclic) bond motifs is 1. The van der Waals surface area contributed by atoms with Gasteiger partial charge in [-0.2, -0.15) is 10.5 Å². The summed E-state index contributed by atoms with van der Waals surface area (Å²) < 4.78 is 0. The van der Waals surface area contributed by atoms with Gasteiger partial charge in [-0.3, -0.25) is 0 Å². The monoisotopic (exact) mass is 242 g/mol. The number of nitrogens with zero attached hydrogens (tertiary/aromatic N) is 4. The number of allylic oxidation sites excluding steroid dienone is 4. The molecule has 0 amide bonds. The zero-order valence-corrected chi connectivity index (χ0v) is 9.81. The van der Waals surface area contributed by atoms with E-state index in [0.29, 0.717) is 11.1 Å². The van der Waals surface area contributed by atoms with Gasteiger partial charge < -0.3 is 0 Å². The van der Waals surface area contributed by atoms with Gasteiger partial charge in [0.2, 0.25) is 0 Å². The van der Waals surface area contributed by atoms with Crippen molar-refractivity contribution in [1.29, 1.82) is 15.8 Å². The lowest BCUT2D eigenvalue weighted by Gasteiger charge is -1.99. The molecule has 0 bridgehead atoms. The predicted molar refractivity (Wildman–Crippen MR) is 68.3 cm³/mol. The summed E-state index contributed by atoms with van der Waals surface area (Å²) in [6, 6.07) is 12.8. The second kappa shape index (κ2) is 4.89. The van der Waals surface area contributed by atoms with Crippen molar-refractivity contribution in [2.75, 3.05) is 0 Å². The number of hydrogen-bond acceptors (Lipinski definition) is 3. The number of rotatable bonds is 0. The van der Waals surface area contributed by atoms with Crippen LogP contribution < -0.4 is 0 Å².